The largest absolute Gasteiger partial charge is 0.354 e. The van der Waals surface area contributed by atoms with Crippen LogP contribution in [0.25, 0.3) is 22.4 Å². The van der Waals surface area contributed by atoms with Crippen LogP contribution in [-0.4, -0.2) is 48.1 Å². The average molecular weight is 470 g/mol. The molecule has 174 valence electrons. The van der Waals surface area contributed by atoms with Crippen molar-refractivity contribution in [1.29, 1.82) is 0 Å². The van der Waals surface area contributed by atoms with Crippen LogP contribution in [0, 0.1) is 0 Å². The van der Waals surface area contributed by atoms with E-state index in [2.05, 4.69) is 20.3 Å². The third-order valence-electron chi connectivity index (χ3n) is 5.74. The average Bonchev–Trinajstić information content (AvgIpc) is 2.99. The Kier molecular flexibility index (Phi) is 6.37. The van der Waals surface area contributed by atoms with Crippen LogP contribution in [0.15, 0.2) is 42.5 Å². The SMILES string of the molecule is CCS(=O)(=O)Nc1cc(C(=O)N[C@H]2CCCCNC2=O)c2c(c1)nc(-c1ccccc1)n2C. The van der Waals surface area contributed by atoms with Gasteiger partial charge in [-0.3, -0.25) is 14.3 Å². The highest BCUT2D eigenvalue weighted by atomic mass is 32.2. The first-order chi connectivity index (χ1) is 15.8. The van der Waals surface area contributed by atoms with Crippen molar-refractivity contribution in [1.82, 2.24) is 20.2 Å². The van der Waals surface area contributed by atoms with Crippen molar-refractivity contribution in [2.75, 3.05) is 17.0 Å². The summed E-state index contributed by atoms with van der Waals surface area (Å²) in [6.45, 7) is 2.12. The van der Waals surface area contributed by atoms with Crippen LogP contribution in [0.4, 0.5) is 5.69 Å². The molecule has 9 nitrogen and oxygen atoms in total. The minimum Gasteiger partial charge on any atom is -0.354 e. The Morgan fingerprint density at radius 3 is 2.70 bits per heavy atom. The summed E-state index contributed by atoms with van der Waals surface area (Å²) in [4.78, 5) is 30.4. The van der Waals surface area contributed by atoms with E-state index >= 15 is 0 Å². The van der Waals surface area contributed by atoms with Crippen LogP contribution >= 0.6 is 0 Å². The van der Waals surface area contributed by atoms with Gasteiger partial charge in [-0.25, -0.2) is 13.4 Å². The maximum Gasteiger partial charge on any atom is 0.254 e. The van der Waals surface area contributed by atoms with Crippen molar-refractivity contribution >= 4 is 38.6 Å². The van der Waals surface area contributed by atoms with Crippen LogP contribution in [0.3, 0.4) is 0 Å². The second-order valence-corrected chi connectivity index (χ2v) is 10.1. The highest BCUT2D eigenvalue weighted by Gasteiger charge is 2.26. The van der Waals surface area contributed by atoms with Gasteiger partial charge in [-0.2, -0.15) is 0 Å². The van der Waals surface area contributed by atoms with Gasteiger partial charge >= 0.3 is 0 Å². The molecule has 33 heavy (non-hydrogen) atoms. The first-order valence-electron chi connectivity index (χ1n) is 10.9. The van der Waals surface area contributed by atoms with E-state index < -0.39 is 22.0 Å². The summed E-state index contributed by atoms with van der Waals surface area (Å²) in [6.07, 6.45) is 2.22. The Labute approximate surface area is 192 Å². The summed E-state index contributed by atoms with van der Waals surface area (Å²) in [5.74, 6) is -0.133. The minimum atomic E-state index is -3.56. The van der Waals surface area contributed by atoms with Gasteiger partial charge in [0.1, 0.15) is 11.9 Å². The number of rotatable bonds is 6. The molecule has 1 aliphatic heterocycles. The zero-order chi connectivity index (χ0) is 23.6. The first kappa shape index (κ1) is 22.8. The topological polar surface area (TPSA) is 122 Å². The Morgan fingerprint density at radius 2 is 1.97 bits per heavy atom. The number of fused-ring (bicyclic) bond motifs is 1. The predicted molar refractivity (Wildman–Crippen MR) is 127 cm³/mol. The molecule has 0 bridgehead atoms. The van der Waals surface area contributed by atoms with Crippen molar-refractivity contribution < 1.29 is 18.0 Å². The molecule has 0 radical (unpaired) electrons. The lowest BCUT2D eigenvalue weighted by atomic mass is 10.1. The molecule has 1 fully saturated rings. The fourth-order valence-electron chi connectivity index (χ4n) is 3.99. The van der Waals surface area contributed by atoms with Crippen molar-refractivity contribution in [3.8, 4) is 11.4 Å². The van der Waals surface area contributed by atoms with E-state index in [1.165, 1.54) is 13.0 Å². The molecule has 3 aromatic rings. The molecule has 2 aromatic carbocycles. The molecule has 0 saturated carbocycles. The Balaban J connectivity index is 1.82. The smallest absolute Gasteiger partial charge is 0.254 e. The van der Waals surface area contributed by atoms with E-state index in [1.54, 1.807) is 6.07 Å². The standard InChI is InChI=1S/C23H27N5O4S/c1-3-33(31,32)27-16-13-17(22(29)26-18-11-7-8-12-24-23(18)30)20-19(14-16)25-21(28(20)2)15-9-5-4-6-10-15/h4-6,9-10,13-14,18,27H,3,7-8,11-12H2,1-2H3,(H,24,30)(H,26,29)/t18-/m0/s1. The third-order valence-corrected chi connectivity index (χ3v) is 7.05. The van der Waals surface area contributed by atoms with Crippen molar-refractivity contribution in [2.45, 2.75) is 32.2 Å². The van der Waals surface area contributed by atoms with Gasteiger partial charge in [-0.05, 0) is 38.3 Å². The van der Waals surface area contributed by atoms with Gasteiger partial charge in [0.05, 0.1) is 28.0 Å². The lowest BCUT2D eigenvalue weighted by Crippen LogP contribution is -2.45. The highest BCUT2D eigenvalue weighted by molar-refractivity contribution is 7.92. The Bertz CT molecular complexity index is 1300. The number of sulfonamides is 1. The number of carbonyl (C=O) groups excluding carboxylic acids is 2. The lowest BCUT2D eigenvalue weighted by Gasteiger charge is -2.17. The van der Waals surface area contributed by atoms with E-state index in [-0.39, 0.29) is 22.9 Å². The number of hydrogen-bond donors (Lipinski definition) is 3. The Hall–Kier alpha value is -3.40. The fraction of sp³-hybridized carbons (Fsp3) is 0.348. The number of imidazole rings is 1. The molecule has 0 unspecified atom stereocenters. The van der Waals surface area contributed by atoms with Gasteiger partial charge in [0.15, 0.2) is 0 Å². The number of aromatic nitrogens is 2. The molecule has 0 aliphatic carbocycles. The maximum atomic E-state index is 13.4. The van der Waals surface area contributed by atoms with E-state index in [9.17, 15) is 18.0 Å². The van der Waals surface area contributed by atoms with Gasteiger partial charge in [0, 0.05) is 19.2 Å². The van der Waals surface area contributed by atoms with Crippen molar-refractivity contribution in [3.63, 3.8) is 0 Å². The molecule has 1 aromatic heterocycles. The monoisotopic (exact) mass is 469 g/mol. The van der Waals surface area contributed by atoms with Gasteiger partial charge in [0.2, 0.25) is 15.9 Å². The first-order valence-corrected chi connectivity index (χ1v) is 12.6. The van der Waals surface area contributed by atoms with Crippen LogP contribution in [0.5, 0.6) is 0 Å². The summed E-state index contributed by atoms with van der Waals surface area (Å²) < 4.78 is 28.7. The number of nitrogens with zero attached hydrogens (tertiary/aromatic N) is 2. The molecule has 2 heterocycles. The molecule has 1 saturated heterocycles. The normalized spacial score (nSPS) is 16.8. The quantitative estimate of drug-likeness (QED) is 0.512. The number of nitrogens with one attached hydrogen (secondary N) is 3. The molecule has 1 atom stereocenters. The predicted octanol–water partition coefficient (Wildman–Crippen LogP) is 2.40. The molecule has 10 heteroatoms. The van der Waals surface area contributed by atoms with Gasteiger partial charge in [-0.15, -0.1) is 0 Å². The Morgan fingerprint density at radius 1 is 1.21 bits per heavy atom. The van der Waals surface area contributed by atoms with E-state index in [0.29, 0.717) is 29.8 Å². The van der Waals surface area contributed by atoms with Crippen LogP contribution in [-0.2, 0) is 21.9 Å². The summed E-state index contributed by atoms with van der Waals surface area (Å²) in [7, 11) is -1.75. The number of hydrogen-bond acceptors (Lipinski definition) is 5. The second kappa shape index (κ2) is 9.22. The summed E-state index contributed by atoms with van der Waals surface area (Å²) in [5, 5.41) is 5.64. The summed E-state index contributed by atoms with van der Waals surface area (Å²) in [6, 6.07) is 12.0. The fourth-order valence-corrected chi connectivity index (χ4v) is 4.62. The zero-order valence-electron chi connectivity index (χ0n) is 18.6. The number of anilines is 1. The number of amides is 2. The molecule has 0 spiro atoms. The molecule has 2 amide bonds. The van der Waals surface area contributed by atoms with Crippen LogP contribution in [0.2, 0.25) is 0 Å². The van der Waals surface area contributed by atoms with Crippen LogP contribution < -0.4 is 15.4 Å². The molecular formula is C23H27N5O4S. The maximum absolute atomic E-state index is 13.4. The van der Waals surface area contributed by atoms with Crippen molar-refractivity contribution in [3.05, 3.63) is 48.0 Å². The number of carbonyl (C=O) groups is 2. The zero-order valence-corrected chi connectivity index (χ0v) is 19.4. The van der Waals surface area contributed by atoms with Gasteiger partial charge in [0.25, 0.3) is 5.91 Å². The second-order valence-electron chi connectivity index (χ2n) is 8.07. The summed E-state index contributed by atoms with van der Waals surface area (Å²) in [5.41, 5.74) is 2.39. The van der Waals surface area contributed by atoms with E-state index in [0.717, 1.165) is 18.4 Å². The lowest BCUT2D eigenvalue weighted by molar-refractivity contribution is -0.122. The van der Waals surface area contributed by atoms with E-state index in [1.807, 2.05) is 41.9 Å². The van der Waals surface area contributed by atoms with Gasteiger partial charge < -0.3 is 15.2 Å². The van der Waals surface area contributed by atoms with E-state index in [4.69, 9.17) is 0 Å². The third kappa shape index (κ3) is 4.85. The highest BCUT2D eigenvalue weighted by Crippen LogP contribution is 2.29. The summed E-state index contributed by atoms with van der Waals surface area (Å²) >= 11 is 0. The molecule has 1 aliphatic rings. The van der Waals surface area contributed by atoms with Gasteiger partial charge in [-0.1, -0.05) is 30.3 Å². The van der Waals surface area contributed by atoms with Crippen LogP contribution in [0.1, 0.15) is 36.5 Å². The molecule has 4 rings (SSSR count). The number of benzene rings is 2. The van der Waals surface area contributed by atoms with Crippen molar-refractivity contribution in [2.24, 2.45) is 7.05 Å². The molecule has 3 N–H and O–H groups in total. The molecular weight excluding hydrogens is 442 g/mol. The number of aryl methyl sites for hydroxylation is 1. The minimum absolute atomic E-state index is 0.105.